The first-order valence-electron chi connectivity index (χ1n) is 4.71. The summed E-state index contributed by atoms with van der Waals surface area (Å²) in [5.74, 6) is 0.611. The first-order chi connectivity index (χ1) is 6.13. The molecule has 0 bridgehead atoms. The number of allylic oxidation sites excluding steroid dienone is 1. The summed E-state index contributed by atoms with van der Waals surface area (Å²) in [6.07, 6.45) is 0. The van der Waals surface area contributed by atoms with E-state index in [0.29, 0.717) is 28.9 Å². The Hall–Kier alpha value is -0.123. The molecule has 0 amide bonds. The van der Waals surface area contributed by atoms with Crippen LogP contribution in [0.1, 0.15) is 27.7 Å². The average Bonchev–Trinajstić information content (AvgIpc) is 2.01. The van der Waals surface area contributed by atoms with Crippen LogP contribution in [0.2, 0.25) is 0 Å². The van der Waals surface area contributed by atoms with E-state index in [4.69, 9.17) is 9.16 Å². The third-order valence-electron chi connectivity index (χ3n) is 1.21. The third-order valence-corrected chi connectivity index (χ3v) is 2.28. The van der Waals surface area contributed by atoms with Crippen molar-refractivity contribution in [1.82, 2.24) is 0 Å². The van der Waals surface area contributed by atoms with Crippen molar-refractivity contribution in [1.29, 1.82) is 0 Å². The van der Waals surface area contributed by atoms with Gasteiger partial charge in [0, 0.05) is 6.61 Å². The topological polar surface area (TPSA) is 18.5 Å². The summed E-state index contributed by atoms with van der Waals surface area (Å²) in [7, 11) is 0.476. The normalized spacial score (nSPS) is 10.5. The summed E-state index contributed by atoms with van der Waals surface area (Å²) >= 11 is 0. The summed E-state index contributed by atoms with van der Waals surface area (Å²) in [6, 6.07) is 0. The minimum atomic E-state index is 0.476. The molecule has 0 atom stereocenters. The Kier molecular flexibility index (Phi) is 8.39. The van der Waals surface area contributed by atoms with Crippen LogP contribution < -0.4 is 0 Å². The Morgan fingerprint density at radius 2 is 2.00 bits per heavy atom. The van der Waals surface area contributed by atoms with Crippen molar-refractivity contribution in [2.75, 3.05) is 19.8 Å². The lowest BCUT2D eigenvalue weighted by Gasteiger charge is -2.06. The van der Waals surface area contributed by atoms with Crippen LogP contribution in [0, 0.1) is 5.92 Å². The van der Waals surface area contributed by atoms with E-state index < -0.39 is 0 Å². The largest absolute Gasteiger partial charge is 0.410 e. The van der Waals surface area contributed by atoms with E-state index in [1.54, 1.807) is 0 Å². The number of hydrogen-bond donors (Lipinski definition) is 0. The number of hydrogen-bond acceptors (Lipinski definition) is 2. The van der Waals surface area contributed by atoms with Crippen LogP contribution in [-0.2, 0) is 9.16 Å². The molecule has 13 heavy (non-hydrogen) atoms. The molecule has 0 N–H and O–H groups in total. The Bertz CT molecular complexity index is 140. The zero-order valence-corrected chi connectivity index (χ0v) is 10.1. The molecule has 0 aliphatic heterocycles. The van der Waals surface area contributed by atoms with Gasteiger partial charge in [0.25, 0.3) is 9.76 Å². The van der Waals surface area contributed by atoms with Gasteiger partial charge in [0.15, 0.2) is 0 Å². The van der Waals surface area contributed by atoms with Gasteiger partial charge >= 0.3 is 0 Å². The third kappa shape index (κ3) is 11.9. The Morgan fingerprint density at radius 3 is 2.54 bits per heavy atom. The van der Waals surface area contributed by atoms with Crippen molar-refractivity contribution >= 4 is 9.76 Å². The van der Waals surface area contributed by atoms with Crippen molar-refractivity contribution in [2.45, 2.75) is 27.7 Å². The molecule has 2 nitrogen and oxygen atoms in total. The molecule has 0 aliphatic rings. The number of ether oxygens (including phenoxy) is 1. The van der Waals surface area contributed by atoms with Crippen molar-refractivity contribution in [3.63, 3.8) is 0 Å². The van der Waals surface area contributed by atoms with E-state index in [-0.39, 0.29) is 0 Å². The average molecular weight is 200 g/mol. The molecule has 0 aromatic carbocycles. The second-order valence-electron chi connectivity index (χ2n) is 3.66. The standard InChI is InChI=1S/C10H20O2Si/c1-9(2)7-11-5-6-12-13-8-10(3)4/h8-9H,5-7H2,1-4H3. The van der Waals surface area contributed by atoms with Crippen LogP contribution in [0.15, 0.2) is 11.3 Å². The monoisotopic (exact) mass is 200 g/mol. The molecule has 2 radical (unpaired) electrons. The molecular formula is C10H20O2Si. The van der Waals surface area contributed by atoms with E-state index in [1.165, 1.54) is 5.57 Å². The second-order valence-corrected chi connectivity index (χ2v) is 4.47. The molecule has 76 valence electrons. The van der Waals surface area contributed by atoms with E-state index in [1.807, 2.05) is 0 Å². The highest BCUT2D eigenvalue weighted by atomic mass is 28.2. The molecule has 0 aliphatic carbocycles. The summed E-state index contributed by atoms with van der Waals surface area (Å²) < 4.78 is 10.7. The molecule has 0 spiro atoms. The number of rotatable bonds is 7. The van der Waals surface area contributed by atoms with Gasteiger partial charge in [0.2, 0.25) is 0 Å². The smallest absolute Gasteiger partial charge is 0.260 e. The van der Waals surface area contributed by atoms with Gasteiger partial charge in [0.1, 0.15) is 0 Å². The molecule has 0 heterocycles. The highest BCUT2D eigenvalue weighted by molar-refractivity contribution is 6.34. The highest BCUT2D eigenvalue weighted by Crippen LogP contribution is 1.92. The fourth-order valence-electron chi connectivity index (χ4n) is 0.638. The molecule has 0 fully saturated rings. The van der Waals surface area contributed by atoms with Gasteiger partial charge in [-0.2, -0.15) is 0 Å². The molecule has 0 aromatic heterocycles. The van der Waals surface area contributed by atoms with Gasteiger partial charge in [-0.1, -0.05) is 25.1 Å². The summed E-state index contributed by atoms with van der Waals surface area (Å²) in [4.78, 5) is 0. The van der Waals surface area contributed by atoms with Gasteiger partial charge in [-0.15, -0.1) is 0 Å². The predicted molar refractivity (Wildman–Crippen MR) is 56.8 cm³/mol. The zero-order valence-electron chi connectivity index (χ0n) is 9.09. The van der Waals surface area contributed by atoms with E-state index in [2.05, 4.69) is 33.4 Å². The first-order valence-corrected chi connectivity index (χ1v) is 5.70. The highest BCUT2D eigenvalue weighted by Gasteiger charge is 1.93. The lowest BCUT2D eigenvalue weighted by Crippen LogP contribution is -2.09. The van der Waals surface area contributed by atoms with E-state index >= 15 is 0 Å². The predicted octanol–water partition coefficient (Wildman–Crippen LogP) is 2.22. The summed E-state index contributed by atoms with van der Waals surface area (Å²) in [6.45, 7) is 10.7. The Balaban J connectivity index is 3.04. The van der Waals surface area contributed by atoms with Crippen LogP contribution in [0.4, 0.5) is 0 Å². The van der Waals surface area contributed by atoms with Crippen molar-refractivity contribution in [2.24, 2.45) is 5.92 Å². The van der Waals surface area contributed by atoms with Gasteiger partial charge in [-0.3, -0.25) is 0 Å². The molecular weight excluding hydrogens is 180 g/mol. The van der Waals surface area contributed by atoms with Gasteiger partial charge in [-0.05, 0) is 19.8 Å². The van der Waals surface area contributed by atoms with Crippen LogP contribution in [0.3, 0.4) is 0 Å². The van der Waals surface area contributed by atoms with Gasteiger partial charge in [0.05, 0.1) is 13.2 Å². The zero-order chi connectivity index (χ0) is 10.1. The minimum Gasteiger partial charge on any atom is -0.410 e. The Labute approximate surface area is 84.3 Å². The quantitative estimate of drug-likeness (QED) is 0.463. The molecule has 0 saturated heterocycles. The maximum atomic E-state index is 5.36. The van der Waals surface area contributed by atoms with Crippen molar-refractivity contribution < 1.29 is 9.16 Å². The SMILES string of the molecule is CC(C)=C[Si]OCCOCC(C)C. The maximum Gasteiger partial charge on any atom is 0.260 e. The maximum absolute atomic E-state index is 5.36. The molecule has 0 saturated carbocycles. The van der Waals surface area contributed by atoms with Crippen LogP contribution >= 0.6 is 0 Å². The van der Waals surface area contributed by atoms with Gasteiger partial charge < -0.3 is 9.16 Å². The fourth-order valence-corrected chi connectivity index (χ4v) is 1.16. The van der Waals surface area contributed by atoms with Crippen LogP contribution in [0.5, 0.6) is 0 Å². The van der Waals surface area contributed by atoms with E-state index in [9.17, 15) is 0 Å². The van der Waals surface area contributed by atoms with Gasteiger partial charge in [-0.25, -0.2) is 0 Å². The lowest BCUT2D eigenvalue weighted by molar-refractivity contribution is 0.0835. The second kappa shape index (κ2) is 8.47. The lowest BCUT2D eigenvalue weighted by atomic mass is 10.2. The molecule has 0 unspecified atom stereocenters. The first kappa shape index (κ1) is 12.9. The summed E-state index contributed by atoms with van der Waals surface area (Å²) in [5.41, 5.74) is 3.41. The molecule has 0 aromatic rings. The fraction of sp³-hybridized carbons (Fsp3) is 0.800. The molecule has 3 heteroatoms. The van der Waals surface area contributed by atoms with Crippen LogP contribution in [-0.4, -0.2) is 29.6 Å². The van der Waals surface area contributed by atoms with Crippen molar-refractivity contribution in [3.05, 3.63) is 11.3 Å². The minimum absolute atomic E-state index is 0.476. The molecule has 0 rings (SSSR count). The van der Waals surface area contributed by atoms with Crippen LogP contribution in [0.25, 0.3) is 0 Å². The summed E-state index contributed by atoms with van der Waals surface area (Å²) in [5, 5.41) is 0. The van der Waals surface area contributed by atoms with E-state index in [0.717, 1.165) is 6.61 Å². The van der Waals surface area contributed by atoms with Crippen molar-refractivity contribution in [3.8, 4) is 0 Å². The Morgan fingerprint density at radius 1 is 1.31 bits per heavy atom.